The SMILES string of the molecule is C[C@@H]1CCC[C@H](C)N1CC(C(N)=S)C(F)(F)F. The van der Waals surface area contributed by atoms with E-state index in [1.165, 1.54) is 0 Å². The topological polar surface area (TPSA) is 29.3 Å². The number of rotatable bonds is 3. The second kappa shape index (κ2) is 5.52. The third-order valence-corrected chi connectivity index (χ3v) is 3.79. The van der Waals surface area contributed by atoms with Gasteiger partial charge in [0.05, 0.1) is 4.99 Å². The molecule has 0 spiro atoms. The minimum absolute atomic E-state index is 0.110. The van der Waals surface area contributed by atoms with E-state index in [0.29, 0.717) is 0 Å². The number of piperidine rings is 1. The van der Waals surface area contributed by atoms with Crippen LogP contribution in [0.5, 0.6) is 0 Å². The number of nitrogens with two attached hydrogens (primary N) is 1. The van der Waals surface area contributed by atoms with E-state index in [2.05, 4.69) is 12.2 Å². The summed E-state index contributed by atoms with van der Waals surface area (Å²) in [6, 6.07) is 0.330. The van der Waals surface area contributed by atoms with Gasteiger partial charge in [0.25, 0.3) is 0 Å². The van der Waals surface area contributed by atoms with Crippen LogP contribution in [0.15, 0.2) is 0 Å². The van der Waals surface area contributed by atoms with Crippen molar-refractivity contribution in [1.29, 1.82) is 0 Å². The Balaban J connectivity index is 2.75. The number of likely N-dealkylation sites (tertiary alicyclic amines) is 1. The maximum atomic E-state index is 12.8. The van der Waals surface area contributed by atoms with E-state index in [1.54, 1.807) is 0 Å². The molecule has 0 bridgehead atoms. The van der Waals surface area contributed by atoms with Crippen molar-refractivity contribution in [1.82, 2.24) is 4.90 Å². The lowest BCUT2D eigenvalue weighted by atomic mass is 9.95. The predicted molar refractivity (Wildman–Crippen MR) is 65.8 cm³/mol. The molecule has 0 saturated carbocycles. The predicted octanol–water partition coefficient (Wildman–Crippen LogP) is 2.71. The fraction of sp³-hybridized carbons (Fsp3) is 0.909. The lowest BCUT2D eigenvalue weighted by Gasteiger charge is -2.41. The molecule has 1 fully saturated rings. The molecule has 1 rings (SSSR count). The first kappa shape index (κ1) is 14.7. The van der Waals surface area contributed by atoms with Gasteiger partial charge >= 0.3 is 6.18 Å². The van der Waals surface area contributed by atoms with Crippen LogP contribution in [-0.2, 0) is 0 Å². The molecule has 1 aliphatic heterocycles. The van der Waals surface area contributed by atoms with Crippen molar-refractivity contribution in [2.75, 3.05) is 6.54 Å². The molecule has 6 heteroatoms. The summed E-state index contributed by atoms with van der Waals surface area (Å²) >= 11 is 4.54. The second-order valence-corrected chi connectivity index (χ2v) is 5.29. The zero-order chi connectivity index (χ0) is 13.2. The van der Waals surface area contributed by atoms with Gasteiger partial charge in [-0.25, -0.2) is 0 Å². The number of halogens is 3. The van der Waals surface area contributed by atoms with Crippen LogP contribution < -0.4 is 5.73 Å². The summed E-state index contributed by atoms with van der Waals surface area (Å²) in [6.45, 7) is 3.81. The standard InChI is InChI=1S/C11H19F3N2S/c1-7-4-3-5-8(2)16(7)6-9(10(15)17)11(12,13)14/h7-9H,3-6H2,1-2H3,(H2,15,17)/t7-,8+,9?. The van der Waals surface area contributed by atoms with Crippen molar-refractivity contribution in [3.05, 3.63) is 0 Å². The van der Waals surface area contributed by atoms with E-state index in [9.17, 15) is 13.2 Å². The fourth-order valence-corrected chi connectivity index (χ4v) is 2.61. The van der Waals surface area contributed by atoms with Crippen molar-refractivity contribution in [3.8, 4) is 0 Å². The van der Waals surface area contributed by atoms with E-state index in [0.717, 1.165) is 19.3 Å². The minimum Gasteiger partial charge on any atom is -0.393 e. The number of hydrogen-bond acceptors (Lipinski definition) is 2. The summed E-state index contributed by atoms with van der Waals surface area (Å²) < 4.78 is 38.4. The van der Waals surface area contributed by atoms with Crippen LogP contribution in [0, 0.1) is 5.92 Å². The molecule has 0 amide bonds. The van der Waals surface area contributed by atoms with Gasteiger partial charge in [-0.2, -0.15) is 13.2 Å². The van der Waals surface area contributed by atoms with Gasteiger partial charge in [-0.05, 0) is 26.7 Å². The highest BCUT2D eigenvalue weighted by molar-refractivity contribution is 7.80. The first-order valence-electron chi connectivity index (χ1n) is 5.85. The van der Waals surface area contributed by atoms with Crippen molar-refractivity contribution < 1.29 is 13.2 Å². The fourth-order valence-electron chi connectivity index (χ4n) is 2.40. The molecule has 1 unspecified atom stereocenters. The summed E-state index contributed by atoms with van der Waals surface area (Å²) in [5.74, 6) is -1.69. The highest BCUT2D eigenvalue weighted by Crippen LogP contribution is 2.31. The third kappa shape index (κ3) is 3.81. The molecule has 1 heterocycles. The number of alkyl halides is 3. The Morgan fingerprint density at radius 2 is 1.82 bits per heavy atom. The Kier molecular flexibility index (Phi) is 4.77. The molecule has 3 atom stereocenters. The van der Waals surface area contributed by atoms with Gasteiger partial charge in [0, 0.05) is 18.6 Å². The van der Waals surface area contributed by atoms with Crippen molar-refractivity contribution in [3.63, 3.8) is 0 Å². The average Bonchev–Trinajstić information content (AvgIpc) is 2.14. The van der Waals surface area contributed by atoms with E-state index in [4.69, 9.17) is 5.73 Å². The molecule has 0 aliphatic carbocycles. The number of thiocarbonyl (C=S) groups is 1. The first-order valence-corrected chi connectivity index (χ1v) is 6.26. The molecule has 1 saturated heterocycles. The summed E-state index contributed by atoms with van der Waals surface area (Å²) in [4.78, 5) is 1.42. The highest BCUT2D eigenvalue weighted by atomic mass is 32.1. The van der Waals surface area contributed by atoms with Gasteiger partial charge in [-0.1, -0.05) is 18.6 Å². The van der Waals surface area contributed by atoms with Crippen molar-refractivity contribution in [2.24, 2.45) is 11.7 Å². The van der Waals surface area contributed by atoms with Gasteiger partial charge in [-0.3, -0.25) is 4.90 Å². The van der Waals surface area contributed by atoms with Crippen LogP contribution in [0.4, 0.5) is 13.2 Å². The van der Waals surface area contributed by atoms with Crippen LogP contribution in [0.3, 0.4) is 0 Å². The highest BCUT2D eigenvalue weighted by Gasteiger charge is 2.44. The second-order valence-electron chi connectivity index (χ2n) is 4.82. The van der Waals surface area contributed by atoms with Crippen LogP contribution in [0.25, 0.3) is 0 Å². The van der Waals surface area contributed by atoms with E-state index in [-0.39, 0.29) is 18.6 Å². The Morgan fingerprint density at radius 1 is 1.35 bits per heavy atom. The Morgan fingerprint density at radius 3 is 2.18 bits per heavy atom. The minimum atomic E-state index is -4.34. The summed E-state index contributed by atoms with van der Waals surface area (Å²) in [5.41, 5.74) is 5.22. The molecule has 0 aromatic heterocycles. The van der Waals surface area contributed by atoms with Gasteiger partial charge in [0.2, 0.25) is 0 Å². The molecule has 17 heavy (non-hydrogen) atoms. The van der Waals surface area contributed by atoms with Gasteiger partial charge in [0.15, 0.2) is 0 Å². The van der Waals surface area contributed by atoms with Crippen molar-refractivity contribution in [2.45, 2.75) is 51.4 Å². The third-order valence-electron chi connectivity index (χ3n) is 3.51. The van der Waals surface area contributed by atoms with Crippen LogP contribution >= 0.6 is 12.2 Å². The maximum Gasteiger partial charge on any atom is 0.399 e. The molecular formula is C11H19F3N2S. The lowest BCUT2D eigenvalue weighted by molar-refractivity contribution is -0.162. The van der Waals surface area contributed by atoms with Crippen LogP contribution in [-0.4, -0.2) is 34.7 Å². The summed E-state index contributed by atoms with van der Waals surface area (Å²) in [6.07, 6.45) is -1.40. The molecule has 0 radical (unpaired) electrons. The molecule has 2 nitrogen and oxygen atoms in total. The van der Waals surface area contributed by atoms with Gasteiger partial charge in [-0.15, -0.1) is 0 Å². The van der Waals surface area contributed by atoms with E-state index < -0.39 is 17.1 Å². The number of hydrogen-bond donors (Lipinski definition) is 1. The summed E-state index contributed by atoms with van der Waals surface area (Å²) in [5, 5.41) is 0. The normalized spacial score (nSPS) is 29.0. The van der Waals surface area contributed by atoms with Crippen LogP contribution in [0.2, 0.25) is 0 Å². The Hall–Kier alpha value is -0.360. The molecular weight excluding hydrogens is 249 g/mol. The molecule has 2 N–H and O–H groups in total. The Bertz CT molecular complexity index is 270. The van der Waals surface area contributed by atoms with Gasteiger partial charge < -0.3 is 5.73 Å². The molecule has 100 valence electrons. The lowest BCUT2D eigenvalue weighted by Crippen LogP contribution is -2.51. The van der Waals surface area contributed by atoms with E-state index in [1.807, 2.05) is 18.7 Å². The average molecular weight is 268 g/mol. The summed E-state index contributed by atoms with van der Waals surface area (Å²) in [7, 11) is 0. The van der Waals surface area contributed by atoms with E-state index >= 15 is 0 Å². The largest absolute Gasteiger partial charge is 0.399 e. The molecule has 1 aliphatic rings. The quantitative estimate of drug-likeness (QED) is 0.798. The molecule has 0 aromatic rings. The van der Waals surface area contributed by atoms with Crippen molar-refractivity contribution >= 4 is 17.2 Å². The van der Waals surface area contributed by atoms with Crippen LogP contribution in [0.1, 0.15) is 33.1 Å². The monoisotopic (exact) mass is 268 g/mol. The Labute approximate surface area is 105 Å². The first-order chi connectivity index (χ1) is 7.73. The maximum absolute atomic E-state index is 12.8. The zero-order valence-corrected chi connectivity index (χ0v) is 10.9. The zero-order valence-electron chi connectivity index (χ0n) is 10.1. The molecule has 0 aromatic carbocycles. The van der Waals surface area contributed by atoms with Gasteiger partial charge in [0.1, 0.15) is 5.92 Å². The smallest absolute Gasteiger partial charge is 0.393 e. The number of nitrogens with zero attached hydrogens (tertiary/aromatic N) is 1.